The molecule has 25 heavy (non-hydrogen) atoms. The Kier molecular flexibility index (Phi) is 4.34. The smallest absolute Gasteiger partial charge is 0.344 e. The SMILES string of the molecule is COc1cc([N+](=O)[O-])ccc1NC(=O)C1=CC2C=CC=CC2OC1=O. The third-order valence-corrected chi connectivity index (χ3v) is 3.84. The second-order valence-electron chi connectivity index (χ2n) is 5.39. The number of fused-ring (bicyclic) bond motifs is 1. The Bertz CT molecular complexity index is 840. The van der Waals surface area contributed by atoms with Crippen LogP contribution in [0.2, 0.25) is 0 Å². The molecule has 0 fully saturated rings. The van der Waals surface area contributed by atoms with E-state index in [0.717, 1.165) is 0 Å². The third kappa shape index (κ3) is 3.27. The van der Waals surface area contributed by atoms with Crippen LogP contribution < -0.4 is 10.1 Å². The Morgan fingerprint density at radius 2 is 2.08 bits per heavy atom. The number of benzene rings is 1. The molecular formula is C17H14N2O6. The number of esters is 1. The molecule has 128 valence electrons. The van der Waals surface area contributed by atoms with Crippen LogP contribution in [0.1, 0.15) is 0 Å². The number of rotatable bonds is 4. The molecule has 1 aromatic rings. The van der Waals surface area contributed by atoms with Crippen LogP contribution in [-0.4, -0.2) is 30.0 Å². The number of nitrogens with zero attached hydrogens (tertiary/aromatic N) is 1. The summed E-state index contributed by atoms with van der Waals surface area (Å²) in [5, 5.41) is 13.3. The van der Waals surface area contributed by atoms with Gasteiger partial charge in [0.15, 0.2) is 0 Å². The van der Waals surface area contributed by atoms with Crippen LogP contribution >= 0.6 is 0 Å². The quantitative estimate of drug-likeness (QED) is 0.389. The van der Waals surface area contributed by atoms with Crippen LogP contribution in [-0.2, 0) is 14.3 Å². The molecule has 1 aliphatic carbocycles. The Morgan fingerprint density at radius 3 is 2.80 bits per heavy atom. The van der Waals surface area contributed by atoms with E-state index in [2.05, 4.69) is 5.32 Å². The number of carbonyl (C=O) groups is 2. The molecule has 0 spiro atoms. The van der Waals surface area contributed by atoms with Gasteiger partial charge in [-0.05, 0) is 12.1 Å². The van der Waals surface area contributed by atoms with E-state index in [1.165, 1.54) is 25.3 Å². The van der Waals surface area contributed by atoms with Gasteiger partial charge in [0.2, 0.25) is 0 Å². The number of allylic oxidation sites excluding steroid dienone is 2. The molecule has 0 radical (unpaired) electrons. The van der Waals surface area contributed by atoms with Gasteiger partial charge in [0.05, 0.1) is 23.8 Å². The van der Waals surface area contributed by atoms with E-state index in [4.69, 9.17) is 9.47 Å². The second-order valence-corrected chi connectivity index (χ2v) is 5.39. The minimum Gasteiger partial charge on any atom is -0.494 e. The molecule has 2 aliphatic rings. The molecule has 8 nitrogen and oxygen atoms in total. The summed E-state index contributed by atoms with van der Waals surface area (Å²) < 4.78 is 10.3. The zero-order chi connectivity index (χ0) is 18.0. The number of nitrogens with one attached hydrogen (secondary N) is 1. The first-order chi connectivity index (χ1) is 12.0. The molecule has 2 unspecified atom stereocenters. The van der Waals surface area contributed by atoms with Crippen LogP contribution in [0.5, 0.6) is 5.75 Å². The van der Waals surface area contributed by atoms with Gasteiger partial charge < -0.3 is 14.8 Å². The summed E-state index contributed by atoms with van der Waals surface area (Å²) in [6.07, 6.45) is 8.29. The minimum atomic E-state index is -0.723. The van der Waals surface area contributed by atoms with Gasteiger partial charge >= 0.3 is 5.97 Å². The lowest BCUT2D eigenvalue weighted by molar-refractivity contribution is -0.384. The lowest BCUT2D eigenvalue weighted by Crippen LogP contribution is -2.34. The molecule has 8 heteroatoms. The number of nitro benzene ring substituents is 1. The predicted octanol–water partition coefficient (Wildman–Crippen LogP) is 2.14. The summed E-state index contributed by atoms with van der Waals surface area (Å²) in [6, 6.07) is 3.76. The molecule has 0 saturated heterocycles. The van der Waals surface area contributed by atoms with Crippen molar-refractivity contribution >= 4 is 23.3 Å². The van der Waals surface area contributed by atoms with Crippen molar-refractivity contribution in [1.82, 2.24) is 0 Å². The number of hydrogen-bond donors (Lipinski definition) is 1. The molecule has 1 N–H and O–H groups in total. The maximum atomic E-state index is 12.4. The van der Waals surface area contributed by atoms with Crippen LogP contribution in [0.15, 0.2) is 54.2 Å². The van der Waals surface area contributed by atoms with Crippen molar-refractivity contribution in [2.24, 2.45) is 5.92 Å². The van der Waals surface area contributed by atoms with Crippen LogP contribution in [0, 0.1) is 16.0 Å². The number of anilines is 1. The Labute approximate surface area is 142 Å². The van der Waals surface area contributed by atoms with Crippen molar-refractivity contribution in [2.45, 2.75) is 6.10 Å². The number of hydrogen-bond acceptors (Lipinski definition) is 6. The monoisotopic (exact) mass is 342 g/mol. The molecule has 0 bridgehead atoms. The van der Waals surface area contributed by atoms with E-state index in [9.17, 15) is 19.7 Å². The maximum absolute atomic E-state index is 12.4. The van der Waals surface area contributed by atoms with Crippen molar-refractivity contribution in [3.63, 3.8) is 0 Å². The van der Waals surface area contributed by atoms with E-state index >= 15 is 0 Å². The van der Waals surface area contributed by atoms with E-state index in [1.807, 2.05) is 12.2 Å². The number of non-ortho nitro benzene ring substituents is 1. The molecule has 0 saturated carbocycles. The standard InChI is InChI=1S/C17H14N2O6/c1-24-15-9-11(19(22)23)6-7-13(15)18-16(20)12-8-10-4-2-3-5-14(10)25-17(12)21/h2-10,14H,1H3,(H,18,20). The lowest BCUT2D eigenvalue weighted by atomic mass is 9.92. The summed E-state index contributed by atoms with van der Waals surface area (Å²) in [6.45, 7) is 0. The Balaban J connectivity index is 1.84. The average Bonchev–Trinajstić information content (AvgIpc) is 2.61. The van der Waals surface area contributed by atoms with Gasteiger partial charge in [-0.2, -0.15) is 0 Å². The fraction of sp³-hybridized carbons (Fsp3) is 0.176. The highest BCUT2D eigenvalue weighted by Crippen LogP contribution is 2.30. The van der Waals surface area contributed by atoms with Gasteiger partial charge in [-0.1, -0.05) is 24.3 Å². The second kappa shape index (κ2) is 6.60. The fourth-order valence-electron chi connectivity index (χ4n) is 2.57. The molecule has 0 aromatic heterocycles. The van der Waals surface area contributed by atoms with Crippen molar-refractivity contribution in [2.75, 3.05) is 12.4 Å². The van der Waals surface area contributed by atoms with Crippen molar-refractivity contribution in [1.29, 1.82) is 0 Å². The van der Waals surface area contributed by atoms with Gasteiger partial charge in [0.1, 0.15) is 17.4 Å². The number of ether oxygens (including phenoxy) is 2. The Morgan fingerprint density at radius 1 is 1.32 bits per heavy atom. The van der Waals surface area contributed by atoms with E-state index in [1.54, 1.807) is 18.2 Å². The molecule has 2 atom stereocenters. The van der Waals surface area contributed by atoms with E-state index < -0.39 is 22.9 Å². The van der Waals surface area contributed by atoms with Crippen molar-refractivity contribution in [3.8, 4) is 5.75 Å². The topological polar surface area (TPSA) is 108 Å². The predicted molar refractivity (Wildman–Crippen MR) is 88.0 cm³/mol. The third-order valence-electron chi connectivity index (χ3n) is 3.84. The van der Waals surface area contributed by atoms with Crippen molar-refractivity contribution < 1.29 is 24.0 Å². The average molecular weight is 342 g/mol. The minimum absolute atomic E-state index is 0.116. The highest BCUT2D eigenvalue weighted by atomic mass is 16.6. The van der Waals surface area contributed by atoms with E-state index in [-0.39, 0.29) is 28.6 Å². The van der Waals surface area contributed by atoms with Crippen molar-refractivity contribution in [3.05, 3.63) is 64.3 Å². The van der Waals surface area contributed by atoms with Crippen LogP contribution in [0.3, 0.4) is 0 Å². The van der Waals surface area contributed by atoms with Gasteiger partial charge in [-0.25, -0.2) is 4.79 Å². The largest absolute Gasteiger partial charge is 0.494 e. The first-order valence-corrected chi connectivity index (χ1v) is 7.41. The van der Waals surface area contributed by atoms with Crippen LogP contribution in [0.25, 0.3) is 0 Å². The highest BCUT2D eigenvalue weighted by molar-refractivity contribution is 6.21. The lowest BCUT2D eigenvalue weighted by Gasteiger charge is -2.27. The number of carbonyl (C=O) groups excluding carboxylic acids is 2. The Hall–Kier alpha value is -3.42. The summed E-state index contributed by atoms with van der Waals surface area (Å²) in [4.78, 5) is 34.7. The highest BCUT2D eigenvalue weighted by Gasteiger charge is 2.33. The zero-order valence-electron chi connectivity index (χ0n) is 13.2. The molecule has 3 rings (SSSR count). The van der Waals surface area contributed by atoms with Gasteiger partial charge in [-0.15, -0.1) is 0 Å². The van der Waals surface area contributed by atoms with Gasteiger partial charge in [0, 0.05) is 12.0 Å². The summed E-state index contributed by atoms with van der Waals surface area (Å²) in [7, 11) is 1.33. The first kappa shape index (κ1) is 16.4. The molecule has 1 aliphatic heterocycles. The number of amides is 1. The summed E-state index contributed by atoms with van der Waals surface area (Å²) >= 11 is 0. The summed E-state index contributed by atoms with van der Waals surface area (Å²) in [5.41, 5.74) is -0.0808. The molecule has 1 amide bonds. The molecule has 1 aromatic carbocycles. The maximum Gasteiger partial charge on any atom is 0.344 e. The normalized spacial score (nSPS) is 21.0. The molecule has 1 heterocycles. The van der Waals surface area contributed by atoms with Gasteiger partial charge in [-0.3, -0.25) is 14.9 Å². The van der Waals surface area contributed by atoms with Crippen LogP contribution in [0.4, 0.5) is 11.4 Å². The van der Waals surface area contributed by atoms with Gasteiger partial charge in [0.25, 0.3) is 11.6 Å². The first-order valence-electron chi connectivity index (χ1n) is 7.41. The fourth-order valence-corrected chi connectivity index (χ4v) is 2.57. The molecular weight excluding hydrogens is 328 g/mol. The summed E-state index contributed by atoms with van der Waals surface area (Å²) in [5.74, 6) is -1.48. The van der Waals surface area contributed by atoms with E-state index in [0.29, 0.717) is 0 Å². The number of nitro groups is 1. The number of methoxy groups -OCH3 is 1. The zero-order valence-corrected chi connectivity index (χ0v) is 13.2.